The Morgan fingerprint density at radius 2 is 2.12 bits per heavy atom. The summed E-state index contributed by atoms with van der Waals surface area (Å²) in [5, 5.41) is 9.40. The zero-order valence-electron chi connectivity index (χ0n) is 22.1. The number of carbonyl (C=O) groups is 3. The van der Waals surface area contributed by atoms with Crippen LogP contribution in [0.25, 0.3) is 6.08 Å². The summed E-state index contributed by atoms with van der Waals surface area (Å²) in [6.45, 7) is 3.02. The maximum Gasteiger partial charge on any atom is 0.519 e. The number of thiazole rings is 2. The molecule has 1 fully saturated rings. The van der Waals surface area contributed by atoms with Crippen LogP contribution in [-0.4, -0.2) is 62.6 Å². The van der Waals surface area contributed by atoms with E-state index in [1.807, 2.05) is 13.0 Å². The van der Waals surface area contributed by atoms with E-state index < -0.39 is 35.0 Å². The number of anilines is 1. The summed E-state index contributed by atoms with van der Waals surface area (Å²) in [4.78, 5) is 67.1. The highest BCUT2D eigenvalue weighted by Gasteiger charge is 2.55. The molecule has 220 valence electrons. The number of oxime groups is 1. The van der Waals surface area contributed by atoms with Gasteiger partial charge in [-0.05, 0) is 25.3 Å². The minimum atomic E-state index is -0.959. The summed E-state index contributed by atoms with van der Waals surface area (Å²) < 4.78 is 15.2. The van der Waals surface area contributed by atoms with Gasteiger partial charge in [0.1, 0.15) is 29.9 Å². The van der Waals surface area contributed by atoms with Crippen LogP contribution in [0.4, 0.5) is 5.13 Å². The summed E-state index contributed by atoms with van der Waals surface area (Å²) in [5.41, 5.74) is 8.38. The fourth-order valence-corrected chi connectivity index (χ4v) is 7.59. The van der Waals surface area contributed by atoms with Crippen LogP contribution in [-0.2, 0) is 30.6 Å². The second-order valence-corrected chi connectivity index (χ2v) is 12.4. The van der Waals surface area contributed by atoms with E-state index in [1.165, 1.54) is 53.8 Å². The van der Waals surface area contributed by atoms with Crippen LogP contribution in [0.15, 0.2) is 45.7 Å². The molecule has 2 atom stereocenters. The lowest BCUT2D eigenvalue weighted by Gasteiger charge is -2.49. The van der Waals surface area contributed by atoms with E-state index in [2.05, 4.69) is 20.4 Å². The Balaban J connectivity index is 1.37. The highest BCUT2D eigenvalue weighted by molar-refractivity contribution is 8.08. The number of esters is 1. The van der Waals surface area contributed by atoms with Gasteiger partial charge in [0.05, 0.1) is 16.1 Å². The first kappa shape index (κ1) is 29.6. The molecule has 0 aliphatic carbocycles. The van der Waals surface area contributed by atoms with Crippen molar-refractivity contribution in [3.8, 4) is 0 Å². The van der Waals surface area contributed by atoms with Crippen molar-refractivity contribution in [3.63, 3.8) is 0 Å². The first-order valence-electron chi connectivity index (χ1n) is 12.0. The number of fused-ring (bicyclic) bond motifs is 1. The van der Waals surface area contributed by atoms with Crippen LogP contribution in [0.1, 0.15) is 27.8 Å². The van der Waals surface area contributed by atoms with Gasteiger partial charge in [0, 0.05) is 16.0 Å². The molecule has 2 aliphatic heterocycles. The lowest BCUT2D eigenvalue weighted by atomic mass is 10.0. The highest BCUT2D eigenvalue weighted by atomic mass is 32.2. The van der Waals surface area contributed by atoms with Gasteiger partial charge in [-0.25, -0.2) is 19.6 Å². The third kappa shape index (κ3) is 6.01. The molecule has 2 aliphatic rings. The van der Waals surface area contributed by atoms with Gasteiger partial charge in [0.2, 0.25) is 0 Å². The molecule has 0 bridgehead atoms. The molecule has 1 saturated heterocycles. The summed E-state index contributed by atoms with van der Waals surface area (Å²) in [6, 6.07) is -0.959. The van der Waals surface area contributed by atoms with Crippen molar-refractivity contribution in [1.82, 2.24) is 20.2 Å². The first-order valence-corrected chi connectivity index (χ1v) is 15.7. The fraction of sp³-hybridized carbons (Fsp3) is 0.292. The number of nitrogen functional groups attached to an aromatic ring is 1. The van der Waals surface area contributed by atoms with E-state index in [1.54, 1.807) is 16.3 Å². The molecule has 2 amide bonds. The smallest absolute Gasteiger partial charge is 0.453 e. The Morgan fingerprint density at radius 1 is 1.31 bits per heavy atom. The molecule has 3 N–H and O–H groups in total. The Kier molecular flexibility index (Phi) is 8.85. The van der Waals surface area contributed by atoms with Crippen molar-refractivity contribution < 1.29 is 32.8 Å². The van der Waals surface area contributed by atoms with Crippen LogP contribution in [0.3, 0.4) is 0 Å². The molecule has 0 spiro atoms. The van der Waals surface area contributed by atoms with Gasteiger partial charge in [-0.1, -0.05) is 16.9 Å². The molecule has 18 heteroatoms. The molecule has 3 aromatic rings. The van der Waals surface area contributed by atoms with Crippen LogP contribution in [0.2, 0.25) is 0 Å². The maximum atomic E-state index is 13.4. The van der Waals surface area contributed by atoms with E-state index in [4.69, 9.17) is 24.1 Å². The third-order valence-corrected chi connectivity index (χ3v) is 9.88. The van der Waals surface area contributed by atoms with Crippen LogP contribution >= 0.6 is 46.2 Å². The number of β-lactam (4-membered cyclic amide) rings is 1. The predicted molar refractivity (Wildman–Crippen MR) is 157 cm³/mol. The van der Waals surface area contributed by atoms with Crippen molar-refractivity contribution in [2.45, 2.75) is 31.9 Å². The second-order valence-electron chi connectivity index (χ2n) is 8.56. The zero-order valence-corrected chi connectivity index (χ0v) is 25.4. The number of thioether (sulfide) groups is 2. The number of aromatic nitrogens is 2. The molecule has 14 nitrogen and oxygen atoms in total. The lowest BCUT2D eigenvalue weighted by Crippen LogP contribution is -2.71. The Hall–Kier alpha value is -3.87. The molecule has 5 heterocycles. The standard InChI is InChI=1S/C24H22N6O8S4/c1-10-14(42-9-26-10)4-5-39-15-8-40-21-17(28-19(31)16(29-35-3)12-7-41-23(25)27-12)20(32)30(21)18(15)22(33)36-6-13-11(2)37-24(34)38-13/h4-5,7,9,17,21H,6,8H2,1-3H3,(H2,25,27)(H,28,31)/b5-4-,29-16-/t17-,21-/m1/s1. The number of amides is 2. The number of rotatable bonds is 10. The largest absolute Gasteiger partial charge is 0.519 e. The van der Waals surface area contributed by atoms with Crippen molar-refractivity contribution >= 4 is 80.9 Å². The van der Waals surface area contributed by atoms with E-state index in [0.717, 1.165) is 21.9 Å². The normalized spacial score (nSPS) is 18.7. The van der Waals surface area contributed by atoms with E-state index in [-0.39, 0.29) is 40.4 Å². The van der Waals surface area contributed by atoms with Gasteiger partial charge in [-0.15, -0.1) is 34.4 Å². The van der Waals surface area contributed by atoms with Crippen molar-refractivity contribution in [3.05, 3.63) is 65.3 Å². The number of hydrogen-bond donors (Lipinski definition) is 2. The molecular formula is C24H22N6O8S4. The molecule has 0 aromatic carbocycles. The second kappa shape index (κ2) is 12.6. The van der Waals surface area contributed by atoms with Gasteiger partial charge in [0.25, 0.3) is 11.8 Å². The summed E-state index contributed by atoms with van der Waals surface area (Å²) in [7, 11) is 1.28. The van der Waals surface area contributed by atoms with Crippen LogP contribution in [0, 0.1) is 13.8 Å². The molecule has 42 heavy (non-hydrogen) atoms. The average molecular weight is 651 g/mol. The SMILES string of the molecule is CO/N=C(\C(=O)N[C@@H]1C(=O)N2C(C(=O)OCc3oc(=O)oc3C)=C(S/C=C\c3scnc3C)CS[C@H]12)c1csc(N)n1. The number of hydrogen-bond acceptors (Lipinski definition) is 16. The molecule has 0 radical (unpaired) electrons. The summed E-state index contributed by atoms with van der Waals surface area (Å²) in [6.07, 6.45) is 1.87. The fourth-order valence-electron chi connectivity index (χ4n) is 3.93. The van der Waals surface area contributed by atoms with Crippen molar-refractivity contribution in [1.29, 1.82) is 0 Å². The minimum absolute atomic E-state index is 0.0338. The van der Waals surface area contributed by atoms with Crippen LogP contribution in [0.5, 0.6) is 0 Å². The van der Waals surface area contributed by atoms with Gasteiger partial charge < -0.3 is 29.5 Å². The number of nitrogens with zero attached hydrogens (tertiary/aromatic N) is 4. The number of carbonyl (C=O) groups excluding carboxylic acids is 3. The molecule has 3 aromatic heterocycles. The maximum absolute atomic E-state index is 13.4. The topological polar surface area (TPSA) is 192 Å². The van der Waals surface area contributed by atoms with Crippen LogP contribution < -0.4 is 16.9 Å². The average Bonchev–Trinajstić information content (AvgIpc) is 3.67. The monoisotopic (exact) mass is 650 g/mol. The molecule has 0 unspecified atom stereocenters. The number of aryl methyl sites for hydroxylation is 2. The zero-order chi connectivity index (χ0) is 30.0. The first-order chi connectivity index (χ1) is 20.2. The van der Waals surface area contributed by atoms with Gasteiger partial charge in [-0.3, -0.25) is 14.5 Å². The minimum Gasteiger partial charge on any atom is -0.453 e. The van der Waals surface area contributed by atoms with Gasteiger partial charge in [-0.2, -0.15) is 0 Å². The van der Waals surface area contributed by atoms with Crippen molar-refractivity contribution in [2.75, 3.05) is 18.6 Å². The van der Waals surface area contributed by atoms with E-state index in [0.29, 0.717) is 10.7 Å². The number of ether oxygens (including phenoxy) is 1. The van der Waals surface area contributed by atoms with Gasteiger partial charge in [0.15, 0.2) is 29.0 Å². The predicted octanol–water partition coefficient (Wildman–Crippen LogP) is 2.45. The molecule has 5 rings (SSSR count). The lowest BCUT2D eigenvalue weighted by molar-refractivity contribution is -0.153. The van der Waals surface area contributed by atoms with Gasteiger partial charge >= 0.3 is 11.8 Å². The Bertz CT molecular complexity index is 1680. The van der Waals surface area contributed by atoms with E-state index >= 15 is 0 Å². The molecule has 0 saturated carbocycles. The molecular weight excluding hydrogens is 629 g/mol. The quantitative estimate of drug-likeness (QED) is 0.141. The van der Waals surface area contributed by atoms with E-state index in [9.17, 15) is 19.2 Å². The number of nitrogens with one attached hydrogen (secondary N) is 1. The third-order valence-electron chi connectivity index (χ3n) is 5.96. The number of nitrogens with two attached hydrogens (primary N) is 1. The summed E-state index contributed by atoms with van der Waals surface area (Å²) >= 11 is 5.23. The van der Waals surface area contributed by atoms with Crippen molar-refractivity contribution in [2.24, 2.45) is 5.16 Å². The summed E-state index contributed by atoms with van der Waals surface area (Å²) in [5.74, 6) is -2.35. The highest BCUT2D eigenvalue weighted by Crippen LogP contribution is 2.44. The Labute approximate surface area is 254 Å². The Morgan fingerprint density at radius 3 is 2.76 bits per heavy atom.